The number of hydrogen-bond acceptors (Lipinski definition) is 4. The Balaban J connectivity index is 3.05. The molecule has 15 heavy (non-hydrogen) atoms. The third-order valence-corrected chi connectivity index (χ3v) is 2.12. The van der Waals surface area contributed by atoms with Crippen molar-refractivity contribution in [1.29, 1.82) is 0 Å². The Hall–Kier alpha value is -1.40. The van der Waals surface area contributed by atoms with E-state index in [9.17, 15) is 10.1 Å². The fourth-order valence-electron chi connectivity index (χ4n) is 1.40. The first-order valence-corrected chi connectivity index (χ1v) is 4.40. The monoisotopic (exact) mass is 209 g/mol. The van der Waals surface area contributed by atoms with Gasteiger partial charge in [0.05, 0.1) is 4.92 Å². The molecule has 0 atom stereocenters. The number of rotatable bonds is 4. The molecular weight excluding hydrogens is 197 g/mol. The lowest BCUT2D eigenvalue weighted by Gasteiger charge is -2.13. The highest BCUT2D eigenvalue weighted by atomic mass is 16.7. The maximum atomic E-state index is 10.6. The van der Waals surface area contributed by atoms with Crippen molar-refractivity contribution in [2.45, 2.75) is 6.29 Å². The van der Waals surface area contributed by atoms with E-state index in [1.54, 1.807) is 20.0 Å². The van der Waals surface area contributed by atoms with Crippen LogP contribution in [0.4, 0.5) is 5.69 Å². The van der Waals surface area contributed by atoms with E-state index in [1.165, 1.54) is 20.3 Å². The van der Waals surface area contributed by atoms with E-state index in [1.807, 2.05) is 0 Å². The molecule has 0 aromatic heterocycles. The van der Waals surface area contributed by atoms with Crippen LogP contribution >= 0.6 is 0 Å². The Morgan fingerprint density at radius 1 is 1.40 bits per heavy atom. The van der Waals surface area contributed by atoms with Crippen LogP contribution in [0, 0.1) is 10.1 Å². The third-order valence-electron chi connectivity index (χ3n) is 2.12. The molecule has 1 aromatic rings. The molecule has 5 nitrogen and oxygen atoms in total. The zero-order valence-corrected chi connectivity index (χ0v) is 8.89. The van der Waals surface area contributed by atoms with Crippen LogP contribution in [0.15, 0.2) is 18.2 Å². The minimum Gasteiger partial charge on any atom is -0.352 e. The Morgan fingerprint density at radius 3 is 2.40 bits per heavy atom. The number of benzene rings is 1. The van der Waals surface area contributed by atoms with Crippen molar-refractivity contribution in [3.05, 3.63) is 33.9 Å². The Morgan fingerprint density at radius 2 is 2.00 bits per heavy atom. The summed E-state index contributed by atoms with van der Waals surface area (Å²) in [6.07, 6.45) is -0.482. The van der Waals surface area contributed by atoms with Gasteiger partial charge in [0, 0.05) is 25.8 Å². The van der Waals surface area contributed by atoms with Crippen molar-refractivity contribution in [3.63, 3.8) is 0 Å². The quantitative estimate of drug-likeness (QED) is 0.306. The fraction of sp³-hybridized carbons (Fsp3) is 0.333. The molecule has 0 N–H and O–H groups in total. The van der Waals surface area contributed by atoms with E-state index in [-0.39, 0.29) is 5.69 Å². The van der Waals surface area contributed by atoms with Crippen LogP contribution < -0.4 is 5.46 Å². The van der Waals surface area contributed by atoms with E-state index >= 15 is 0 Å². The molecule has 6 heteroatoms. The molecule has 1 aromatic carbocycles. The standard InChI is InChI=1S/C9H12BNO4/c1-14-9(15-2)6-3-4-8(11(12)13)7(10)5-6/h3-5,9H,10H2,1-2H3. The largest absolute Gasteiger partial charge is 0.352 e. The molecule has 0 aliphatic heterocycles. The molecule has 0 fully saturated rings. The van der Waals surface area contributed by atoms with Gasteiger partial charge in [-0.05, 0) is 11.5 Å². The molecule has 1 rings (SSSR count). The molecule has 80 valence electrons. The summed E-state index contributed by atoms with van der Waals surface area (Å²) in [6, 6.07) is 4.77. The first-order chi connectivity index (χ1) is 7.10. The van der Waals surface area contributed by atoms with Gasteiger partial charge >= 0.3 is 0 Å². The minimum absolute atomic E-state index is 0.102. The molecule has 0 heterocycles. The smallest absolute Gasteiger partial charge is 0.263 e. The average molecular weight is 209 g/mol. The summed E-state index contributed by atoms with van der Waals surface area (Å²) in [4.78, 5) is 10.2. The second-order valence-corrected chi connectivity index (χ2v) is 3.11. The van der Waals surface area contributed by atoms with Crippen LogP contribution in [0.2, 0.25) is 0 Å². The van der Waals surface area contributed by atoms with Crippen molar-refractivity contribution in [2.75, 3.05) is 14.2 Å². The number of hydrogen-bond donors (Lipinski definition) is 0. The Bertz CT molecular complexity index is 365. The van der Waals surface area contributed by atoms with Crippen molar-refractivity contribution in [1.82, 2.24) is 0 Å². The molecular formula is C9H12BNO4. The number of methoxy groups -OCH3 is 2. The number of nitro groups is 1. The molecule has 0 amide bonds. The summed E-state index contributed by atoms with van der Waals surface area (Å²) in [5.41, 5.74) is 1.46. The van der Waals surface area contributed by atoms with Crippen molar-refractivity contribution in [2.24, 2.45) is 0 Å². The van der Waals surface area contributed by atoms with Gasteiger partial charge in [-0.15, -0.1) is 0 Å². The lowest BCUT2D eigenvalue weighted by atomic mass is 9.92. The van der Waals surface area contributed by atoms with Gasteiger partial charge in [-0.1, -0.05) is 6.07 Å². The fourth-order valence-corrected chi connectivity index (χ4v) is 1.40. The summed E-state index contributed by atoms with van der Waals surface area (Å²) in [5, 5.41) is 10.6. The van der Waals surface area contributed by atoms with Gasteiger partial charge in [0.15, 0.2) is 6.29 Å². The highest BCUT2D eigenvalue weighted by molar-refractivity contribution is 6.35. The van der Waals surface area contributed by atoms with Gasteiger partial charge in [-0.2, -0.15) is 0 Å². The first kappa shape index (κ1) is 11.7. The van der Waals surface area contributed by atoms with Crippen LogP contribution in [0.3, 0.4) is 0 Å². The first-order valence-electron chi connectivity index (χ1n) is 4.40. The summed E-state index contributed by atoms with van der Waals surface area (Å²) in [6.45, 7) is 0. The highest BCUT2D eigenvalue weighted by Gasteiger charge is 2.14. The number of nitro benzene ring substituents is 1. The topological polar surface area (TPSA) is 61.6 Å². The van der Waals surface area contributed by atoms with Gasteiger partial charge in [0.2, 0.25) is 0 Å². The predicted octanol–water partition coefficient (Wildman–Crippen LogP) is 0.145. The van der Waals surface area contributed by atoms with Crippen LogP contribution in [-0.4, -0.2) is 27.0 Å². The van der Waals surface area contributed by atoms with Gasteiger partial charge in [0.25, 0.3) is 5.69 Å². The number of nitrogens with zero attached hydrogens (tertiary/aromatic N) is 1. The Kier molecular flexibility index (Phi) is 3.82. The zero-order valence-electron chi connectivity index (χ0n) is 8.89. The van der Waals surface area contributed by atoms with E-state index in [4.69, 9.17) is 9.47 Å². The van der Waals surface area contributed by atoms with E-state index in [2.05, 4.69) is 0 Å². The van der Waals surface area contributed by atoms with Gasteiger partial charge in [0.1, 0.15) is 7.85 Å². The second-order valence-electron chi connectivity index (χ2n) is 3.11. The van der Waals surface area contributed by atoms with Crippen LogP contribution in [-0.2, 0) is 9.47 Å². The molecule has 0 aliphatic carbocycles. The second kappa shape index (κ2) is 4.90. The zero-order chi connectivity index (χ0) is 11.4. The molecule has 0 spiro atoms. The van der Waals surface area contributed by atoms with E-state index < -0.39 is 11.2 Å². The van der Waals surface area contributed by atoms with Crippen molar-refractivity contribution in [3.8, 4) is 0 Å². The van der Waals surface area contributed by atoms with Crippen LogP contribution in [0.5, 0.6) is 0 Å². The lowest BCUT2D eigenvalue weighted by Crippen LogP contribution is -2.13. The third kappa shape index (κ3) is 2.54. The minimum atomic E-state index is -0.482. The molecule has 0 aliphatic rings. The molecule has 0 radical (unpaired) electrons. The normalized spacial score (nSPS) is 10.6. The molecule has 0 saturated carbocycles. The van der Waals surface area contributed by atoms with Crippen LogP contribution in [0.25, 0.3) is 0 Å². The summed E-state index contributed by atoms with van der Waals surface area (Å²) in [5.74, 6) is 0. The summed E-state index contributed by atoms with van der Waals surface area (Å²) >= 11 is 0. The van der Waals surface area contributed by atoms with Crippen molar-refractivity contribution < 1.29 is 14.4 Å². The summed E-state index contributed by atoms with van der Waals surface area (Å²) < 4.78 is 10.1. The van der Waals surface area contributed by atoms with Gasteiger partial charge < -0.3 is 9.47 Å². The SMILES string of the molecule is Bc1cc(C(OC)OC)ccc1[N+](=O)[O-]. The molecule has 0 unspecified atom stereocenters. The van der Waals surface area contributed by atoms with Gasteiger partial charge in [-0.25, -0.2) is 0 Å². The van der Waals surface area contributed by atoms with Crippen LogP contribution in [0.1, 0.15) is 11.9 Å². The van der Waals surface area contributed by atoms with Gasteiger partial charge in [-0.3, -0.25) is 10.1 Å². The van der Waals surface area contributed by atoms with E-state index in [0.717, 1.165) is 5.56 Å². The maximum Gasteiger partial charge on any atom is 0.263 e. The Labute approximate surface area is 88.6 Å². The summed E-state index contributed by atoms with van der Waals surface area (Å²) in [7, 11) is 4.72. The average Bonchev–Trinajstić information content (AvgIpc) is 2.19. The molecule has 0 saturated heterocycles. The lowest BCUT2D eigenvalue weighted by molar-refractivity contribution is -0.383. The number of ether oxygens (including phenoxy) is 2. The maximum absolute atomic E-state index is 10.6. The highest BCUT2D eigenvalue weighted by Crippen LogP contribution is 2.18. The molecule has 0 bridgehead atoms. The van der Waals surface area contributed by atoms with E-state index in [0.29, 0.717) is 5.46 Å². The van der Waals surface area contributed by atoms with Crippen molar-refractivity contribution >= 4 is 19.0 Å². The predicted molar refractivity (Wildman–Crippen MR) is 58.0 cm³/mol.